The lowest BCUT2D eigenvalue weighted by molar-refractivity contribution is 0.237. The fraction of sp³-hybridized carbons (Fsp3) is 0.455. The standard InChI is InChI=1S/C22H27NO/c1-17-8-6-9-18(14-17)22(2)20-15-23(16-21(20)22)12-7-13-24-19-10-4-3-5-11-19/h3-6,8-11,14,20-21H,7,12-13,15-16H2,1-2H3. The van der Waals surface area contributed by atoms with E-state index in [4.69, 9.17) is 4.74 Å². The summed E-state index contributed by atoms with van der Waals surface area (Å²) in [5, 5.41) is 0. The van der Waals surface area contributed by atoms with Crippen molar-refractivity contribution in [1.82, 2.24) is 4.90 Å². The summed E-state index contributed by atoms with van der Waals surface area (Å²) in [6.45, 7) is 9.13. The van der Waals surface area contributed by atoms with E-state index in [9.17, 15) is 0 Å². The molecule has 2 atom stereocenters. The van der Waals surface area contributed by atoms with Gasteiger partial charge < -0.3 is 9.64 Å². The lowest BCUT2D eigenvalue weighted by Crippen LogP contribution is -2.30. The van der Waals surface area contributed by atoms with E-state index in [0.717, 1.165) is 37.2 Å². The quantitative estimate of drug-likeness (QED) is 0.736. The lowest BCUT2D eigenvalue weighted by Gasteiger charge is -2.24. The van der Waals surface area contributed by atoms with Crippen molar-refractivity contribution in [2.45, 2.75) is 25.7 Å². The number of rotatable bonds is 6. The Bertz CT molecular complexity index is 684. The summed E-state index contributed by atoms with van der Waals surface area (Å²) in [4.78, 5) is 2.63. The van der Waals surface area contributed by atoms with Gasteiger partial charge in [0.05, 0.1) is 6.61 Å². The molecule has 2 fully saturated rings. The van der Waals surface area contributed by atoms with Gasteiger partial charge in [-0.3, -0.25) is 0 Å². The summed E-state index contributed by atoms with van der Waals surface area (Å²) in [7, 11) is 0. The molecule has 1 heterocycles. The number of para-hydroxylation sites is 1. The molecule has 2 unspecified atom stereocenters. The molecule has 1 aliphatic heterocycles. The number of nitrogens with zero attached hydrogens (tertiary/aromatic N) is 1. The van der Waals surface area contributed by atoms with E-state index in [-0.39, 0.29) is 0 Å². The number of fused-ring (bicyclic) bond motifs is 1. The molecule has 1 saturated carbocycles. The van der Waals surface area contributed by atoms with Crippen molar-refractivity contribution in [1.29, 1.82) is 0 Å². The molecule has 2 aromatic carbocycles. The van der Waals surface area contributed by atoms with Crippen LogP contribution in [0.25, 0.3) is 0 Å². The topological polar surface area (TPSA) is 12.5 Å². The second-order valence-corrected chi connectivity index (χ2v) is 7.64. The summed E-state index contributed by atoms with van der Waals surface area (Å²) in [6.07, 6.45) is 1.11. The molecule has 24 heavy (non-hydrogen) atoms. The van der Waals surface area contributed by atoms with Crippen molar-refractivity contribution in [3.05, 3.63) is 65.7 Å². The summed E-state index contributed by atoms with van der Waals surface area (Å²) < 4.78 is 5.80. The Morgan fingerprint density at radius 3 is 2.50 bits per heavy atom. The van der Waals surface area contributed by atoms with Crippen molar-refractivity contribution in [3.63, 3.8) is 0 Å². The Labute approximate surface area is 145 Å². The molecule has 126 valence electrons. The van der Waals surface area contributed by atoms with Crippen LogP contribution in [-0.4, -0.2) is 31.1 Å². The zero-order chi connectivity index (χ0) is 16.6. The van der Waals surface area contributed by atoms with Crippen LogP contribution in [0.5, 0.6) is 5.75 Å². The first kappa shape index (κ1) is 15.7. The van der Waals surface area contributed by atoms with Gasteiger partial charge in [-0.2, -0.15) is 0 Å². The molecule has 0 aromatic heterocycles. The average molecular weight is 321 g/mol. The molecular weight excluding hydrogens is 294 g/mol. The van der Waals surface area contributed by atoms with Gasteiger partial charge >= 0.3 is 0 Å². The predicted octanol–water partition coefficient (Wildman–Crippen LogP) is 4.28. The van der Waals surface area contributed by atoms with Crippen molar-refractivity contribution in [3.8, 4) is 5.75 Å². The van der Waals surface area contributed by atoms with Crippen LogP contribution in [0, 0.1) is 18.8 Å². The first-order valence-electron chi connectivity index (χ1n) is 9.15. The van der Waals surface area contributed by atoms with Crippen LogP contribution in [0.2, 0.25) is 0 Å². The highest BCUT2D eigenvalue weighted by atomic mass is 16.5. The zero-order valence-electron chi connectivity index (χ0n) is 14.7. The Balaban J connectivity index is 1.24. The van der Waals surface area contributed by atoms with Crippen molar-refractivity contribution in [2.75, 3.05) is 26.2 Å². The van der Waals surface area contributed by atoms with E-state index >= 15 is 0 Å². The molecule has 2 aliphatic rings. The molecular formula is C22H27NO. The van der Waals surface area contributed by atoms with Crippen LogP contribution in [0.3, 0.4) is 0 Å². The minimum atomic E-state index is 0.420. The predicted molar refractivity (Wildman–Crippen MR) is 98.5 cm³/mol. The van der Waals surface area contributed by atoms with Gasteiger partial charge in [-0.05, 0) is 42.9 Å². The van der Waals surface area contributed by atoms with E-state index in [0.29, 0.717) is 5.41 Å². The van der Waals surface area contributed by atoms with Gasteiger partial charge in [-0.1, -0.05) is 55.0 Å². The van der Waals surface area contributed by atoms with Crippen LogP contribution in [-0.2, 0) is 5.41 Å². The van der Waals surface area contributed by atoms with Gasteiger partial charge in [0.15, 0.2) is 0 Å². The van der Waals surface area contributed by atoms with Gasteiger partial charge in [0.2, 0.25) is 0 Å². The van der Waals surface area contributed by atoms with E-state index < -0.39 is 0 Å². The largest absolute Gasteiger partial charge is 0.494 e. The molecule has 1 aliphatic carbocycles. The number of likely N-dealkylation sites (tertiary alicyclic amines) is 1. The van der Waals surface area contributed by atoms with Crippen molar-refractivity contribution >= 4 is 0 Å². The van der Waals surface area contributed by atoms with Gasteiger partial charge in [-0.15, -0.1) is 0 Å². The maximum Gasteiger partial charge on any atom is 0.119 e. The second kappa shape index (κ2) is 6.25. The van der Waals surface area contributed by atoms with Crippen LogP contribution < -0.4 is 4.74 Å². The number of benzene rings is 2. The third kappa shape index (κ3) is 2.84. The number of hydrogen-bond acceptors (Lipinski definition) is 2. The molecule has 0 radical (unpaired) electrons. The van der Waals surface area contributed by atoms with E-state index in [2.05, 4.69) is 43.0 Å². The Kier molecular flexibility index (Phi) is 4.09. The summed E-state index contributed by atoms with van der Waals surface area (Å²) in [6, 6.07) is 19.2. The smallest absolute Gasteiger partial charge is 0.119 e. The van der Waals surface area contributed by atoms with Gasteiger partial charge in [0.1, 0.15) is 5.75 Å². The van der Waals surface area contributed by atoms with Crippen LogP contribution in [0.15, 0.2) is 54.6 Å². The summed E-state index contributed by atoms with van der Waals surface area (Å²) in [5.41, 5.74) is 3.35. The maximum absolute atomic E-state index is 5.80. The van der Waals surface area contributed by atoms with E-state index in [1.807, 2.05) is 30.3 Å². The van der Waals surface area contributed by atoms with Gasteiger partial charge in [0, 0.05) is 25.0 Å². The molecule has 2 nitrogen and oxygen atoms in total. The minimum absolute atomic E-state index is 0.420. The molecule has 0 N–H and O–H groups in total. The minimum Gasteiger partial charge on any atom is -0.494 e. The third-order valence-corrected chi connectivity index (χ3v) is 6.10. The molecule has 1 saturated heterocycles. The molecule has 0 amide bonds. The normalized spacial score (nSPS) is 28.6. The SMILES string of the molecule is Cc1cccc(C2(C)C3CN(CCCOc4ccccc4)CC32)c1. The fourth-order valence-corrected chi connectivity index (χ4v) is 4.55. The van der Waals surface area contributed by atoms with E-state index in [1.54, 1.807) is 5.56 Å². The highest BCUT2D eigenvalue weighted by molar-refractivity contribution is 5.39. The second-order valence-electron chi connectivity index (χ2n) is 7.64. The maximum atomic E-state index is 5.80. The van der Waals surface area contributed by atoms with Gasteiger partial charge in [-0.25, -0.2) is 0 Å². The third-order valence-electron chi connectivity index (χ3n) is 6.10. The highest BCUT2D eigenvalue weighted by Gasteiger charge is 2.65. The Hall–Kier alpha value is -1.80. The molecule has 2 aromatic rings. The molecule has 0 bridgehead atoms. The number of aryl methyl sites for hydroxylation is 1. The number of piperidine rings is 1. The Morgan fingerprint density at radius 2 is 1.79 bits per heavy atom. The Morgan fingerprint density at radius 1 is 1.04 bits per heavy atom. The summed E-state index contributed by atoms with van der Waals surface area (Å²) in [5.74, 6) is 2.66. The molecule has 2 heteroatoms. The molecule has 0 spiro atoms. The van der Waals surface area contributed by atoms with Crippen LogP contribution in [0.1, 0.15) is 24.5 Å². The van der Waals surface area contributed by atoms with Gasteiger partial charge in [0.25, 0.3) is 0 Å². The van der Waals surface area contributed by atoms with Crippen molar-refractivity contribution < 1.29 is 4.74 Å². The highest BCUT2D eigenvalue weighted by Crippen LogP contribution is 2.63. The first-order chi connectivity index (χ1) is 11.7. The first-order valence-corrected chi connectivity index (χ1v) is 9.15. The van der Waals surface area contributed by atoms with Crippen molar-refractivity contribution in [2.24, 2.45) is 11.8 Å². The van der Waals surface area contributed by atoms with Crippen LogP contribution in [0.4, 0.5) is 0 Å². The zero-order valence-corrected chi connectivity index (χ0v) is 14.7. The lowest BCUT2D eigenvalue weighted by atomic mass is 9.91. The summed E-state index contributed by atoms with van der Waals surface area (Å²) >= 11 is 0. The van der Waals surface area contributed by atoms with E-state index in [1.165, 1.54) is 18.7 Å². The fourth-order valence-electron chi connectivity index (χ4n) is 4.55. The van der Waals surface area contributed by atoms with Crippen LogP contribution >= 0.6 is 0 Å². The monoisotopic (exact) mass is 321 g/mol. The number of hydrogen-bond donors (Lipinski definition) is 0. The number of ether oxygens (including phenoxy) is 1. The average Bonchev–Trinajstić information content (AvgIpc) is 2.96. The molecule has 4 rings (SSSR count).